The van der Waals surface area contributed by atoms with Gasteiger partial charge in [-0.15, -0.1) is 0 Å². The predicted octanol–water partition coefficient (Wildman–Crippen LogP) is 12.1. The molecule has 4 heterocycles. The zero-order valence-corrected chi connectivity index (χ0v) is 30.2. The standard InChI is InChI=1S/C50H32N6/c1-4-16-33(17-5-1)35-20-14-22-37(30-35)47-52-48(38-23-15-21-36(31-38)34-18-6-2-7-19-34)54-50(53-47)56-44-29-13-11-27-41(44)45-46-42(32-51-49(45)56)40-26-10-12-28-43(40)55(46)39-24-8-3-9-25-39/h1-32H. The first-order chi connectivity index (χ1) is 27.8. The molecule has 56 heavy (non-hydrogen) atoms. The van der Waals surface area contributed by atoms with Crippen molar-refractivity contribution in [2.24, 2.45) is 0 Å². The second-order valence-electron chi connectivity index (χ2n) is 13.9. The molecule has 7 aromatic carbocycles. The Balaban J connectivity index is 1.21. The summed E-state index contributed by atoms with van der Waals surface area (Å²) in [5, 5.41) is 4.35. The Morgan fingerprint density at radius 2 is 0.839 bits per heavy atom. The summed E-state index contributed by atoms with van der Waals surface area (Å²) in [5.41, 5.74) is 11.3. The summed E-state index contributed by atoms with van der Waals surface area (Å²) in [6, 6.07) is 65.2. The van der Waals surface area contributed by atoms with Crippen molar-refractivity contribution in [2.45, 2.75) is 0 Å². The Morgan fingerprint density at radius 1 is 0.357 bits per heavy atom. The summed E-state index contributed by atoms with van der Waals surface area (Å²) in [5.74, 6) is 1.66. The van der Waals surface area contributed by atoms with Gasteiger partial charge in [-0.3, -0.25) is 4.57 Å². The monoisotopic (exact) mass is 716 g/mol. The molecule has 0 radical (unpaired) electrons. The second-order valence-corrected chi connectivity index (χ2v) is 13.9. The minimum atomic E-state index is 0.501. The normalized spacial score (nSPS) is 11.6. The van der Waals surface area contributed by atoms with Gasteiger partial charge in [-0.2, -0.15) is 9.97 Å². The maximum atomic E-state index is 5.28. The zero-order chi connectivity index (χ0) is 37.0. The van der Waals surface area contributed by atoms with Gasteiger partial charge in [0.25, 0.3) is 0 Å². The van der Waals surface area contributed by atoms with Crippen molar-refractivity contribution in [1.29, 1.82) is 0 Å². The van der Waals surface area contributed by atoms with Crippen molar-refractivity contribution in [1.82, 2.24) is 29.1 Å². The third kappa shape index (κ3) is 5.19. The van der Waals surface area contributed by atoms with Gasteiger partial charge < -0.3 is 4.57 Å². The lowest BCUT2D eigenvalue weighted by Crippen LogP contribution is -2.07. The summed E-state index contributed by atoms with van der Waals surface area (Å²) >= 11 is 0. The highest BCUT2D eigenvalue weighted by Gasteiger charge is 2.24. The third-order valence-electron chi connectivity index (χ3n) is 10.6. The van der Waals surface area contributed by atoms with Crippen LogP contribution in [-0.2, 0) is 0 Å². The fraction of sp³-hybridized carbons (Fsp3) is 0. The zero-order valence-electron chi connectivity index (χ0n) is 30.2. The summed E-state index contributed by atoms with van der Waals surface area (Å²) in [6.45, 7) is 0. The molecule has 11 aromatic rings. The van der Waals surface area contributed by atoms with Gasteiger partial charge in [0, 0.05) is 39.2 Å². The number of para-hydroxylation sites is 3. The molecule has 0 aliphatic carbocycles. The van der Waals surface area contributed by atoms with Crippen molar-refractivity contribution >= 4 is 43.7 Å². The molecular formula is C50H32N6. The van der Waals surface area contributed by atoms with Crippen molar-refractivity contribution in [3.05, 3.63) is 194 Å². The van der Waals surface area contributed by atoms with Crippen LogP contribution >= 0.6 is 0 Å². The molecule has 0 aliphatic heterocycles. The minimum Gasteiger partial charge on any atom is -0.308 e. The number of hydrogen-bond donors (Lipinski definition) is 0. The SMILES string of the molecule is c1ccc(-c2cccc(-c3nc(-c4cccc(-c5ccccc5)c4)nc(-n4c5ccccc5c5c4ncc4c6ccccc6n(-c6ccccc6)c45)n3)c2)cc1. The van der Waals surface area contributed by atoms with Crippen LogP contribution in [-0.4, -0.2) is 29.1 Å². The molecule has 0 unspecified atom stereocenters. The highest BCUT2D eigenvalue weighted by atomic mass is 15.2. The number of benzene rings is 7. The van der Waals surface area contributed by atoms with Crippen LogP contribution in [0.2, 0.25) is 0 Å². The van der Waals surface area contributed by atoms with E-state index >= 15 is 0 Å². The maximum absolute atomic E-state index is 5.28. The van der Waals surface area contributed by atoms with E-state index in [1.807, 2.05) is 18.3 Å². The van der Waals surface area contributed by atoms with Gasteiger partial charge in [0.2, 0.25) is 5.95 Å². The number of aromatic nitrogens is 6. The fourth-order valence-electron chi connectivity index (χ4n) is 8.06. The fourth-order valence-corrected chi connectivity index (χ4v) is 8.06. The molecule has 262 valence electrons. The maximum Gasteiger partial charge on any atom is 0.240 e. The van der Waals surface area contributed by atoms with Crippen molar-refractivity contribution < 1.29 is 0 Å². The molecule has 0 fully saturated rings. The van der Waals surface area contributed by atoms with E-state index in [0.717, 1.165) is 82.8 Å². The van der Waals surface area contributed by atoms with Gasteiger partial charge in [0.15, 0.2) is 11.6 Å². The van der Waals surface area contributed by atoms with Gasteiger partial charge in [-0.05, 0) is 58.7 Å². The van der Waals surface area contributed by atoms with E-state index in [4.69, 9.17) is 19.9 Å². The summed E-state index contributed by atoms with van der Waals surface area (Å²) in [7, 11) is 0. The average Bonchev–Trinajstić information content (AvgIpc) is 3.80. The first kappa shape index (κ1) is 31.8. The van der Waals surface area contributed by atoms with Crippen LogP contribution in [0.5, 0.6) is 0 Å². The van der Waals surface area contributed by atoms with Crippen LogP contribution in [0.1, 0.15) is 0 Å². The Labute approximate surface area is 322 Å². The Morgan fingerprint density at radius 3 is 1.45 bits per heavy atom. The van der Waals surface area contributed by atoms with E-state index in [1.165, 1.54) is 0 Å². The lowest BCUT2D eigenvalue weighted by atomic mass is 10.0. The van der Waals surface area contributed by atoms with Gasteiger partial charge in [0.05, 0.1) is 21.9 Å². The molecule has 0 bridgehead atoms. The van der Waals surface area contributed by atoms with E-state index in [-0.39, 0.29) is 0 Å². The lowest BCUT2D eigenvalue weighted by molar-refractivity contribution is 0.944. The van der Waals surface area contributed by atoms with Crippen LogP contribution in [0.3, 0.4) is 0 Å². The average molecular weight is 717 g/mol. The van der Waals surface area contributed by atoms with Crippen LogP contribution in [0, 0.1) is 0 Å². The summed E-state index contributed by atoms with van der Waals surface area (Å²) in [6.07, 6.45) is 2.00. The number of hydrogen-bond acceptors (Lipinski definition) is 4. The molecular weight excluding hydrogens is 685 g/mol. The van der Waals surface area contributed by atoms with Crippen LogP contribution in [0.25, 0.3) is 100 Å². The summed E-state index contributed by atoms with van der Waals surface area (Å²) in [4.78, 5) is 21.0. The van der Waals surface area contributed by atoms with E-state index in [0.29, 0.717) is 17.6 Å². The molecule has 4 aromatic heterocycles. The van der Waals surface area contributed by atoms with Crippen molar-refractivity contribution in [3.63, 3.8) is 0 Å². The largest absolute Gasteiger partial charge is 0.308 e. The first-order valence-electron chi connectivity index (χ1n) is 18.7. The van der Waals surface area contributed by atoms with E-state index < -0.39 is 0 Å². The van der Waals surface area contributed by atoms with Crippen molar-refractivity contribution in [2.75, 3.05) is 0 Å². The molecule has 0 N–H and O–H groups in total. The van der Waals surface area contributed by atoms with E-state index in [2.05, 4.69) is 185 Å². The topological polar surface area (TPSA) is 61.4 Å². The molecule has 0 aliphatic rings. The highest BCUT2D eigenvalue weighted by Crippen LogP contribution is 2.41. The molecule has 0 spiro atoms. The Kier molecular flexibility index (Phi) is 7.38. The number of pyridine rings is 1. The minimum absolute atomic E-state index is 0.501. The van der Waals surface area contributed by atoms with Gasteiger partial charge >= 0.3 is 0 Å². The molecule has 0 atom stereocenters. The molecule has 0 saturated carbocycles. The van der Waals surface area contributed by atoms with Crippen molar-refractivity contribution in [3.8, 4) is 56.7 Å². The van der Waals surface area contributed by atoms with Gasteiger partial charge in [-0.25, -0.2) is 9.97 Å². The Bertz CT molecular complexity index is 3140. The predicted molar refractivity (Wildman–Crippen MR) is 228 cm³/mol. The molecule has 0 saturated heterocycles. The summed E-state index contributed by atoms with van der Waals surface area (Å²) < 4.78 is 4.47. The van der Waals surface area contributed by atoms with Crippen LogP contribution < -0.4 is 0 Å². The first-order valence-corrected chi connectivity index (χ1v) is 18.7. The molecule has 11 rings (SSSR count). The van der Waals surface area contributed by atoms with Crippen LogP contribution in [0.15, 0.2) is 194 Å². The molecule has 0 amide bonds. The second kappa shape index (κ2) is 13.0. The molecule has 6 heteroatoms. The van der Waals surface area contributed by atoms with Crippen LogP contribution in [0.4, 0.5) is 0 Å². The number of nitrogens with zero attached hydrogens (tertiary/aromatic N) is 6. The molecule has 6 nitrogen and oxygen atoms in total. The van der Waals surface area contributed by atoms with Gasteiger partial charge in [0.1, 0.15) is 5.65 Å². The lowest BCUT2D eigenvalue weighted by Gasteiger charge is -2.12. The Hall–Kier alpha value is -7.70. The number of rotatable bonds is 6. The number of fused-ring (bicyclic) bond motifs is 7. The smallest absolute Gasteiger partial charge is 0.240 e. The van der Waals surface area contributed by atoms with E-state index in [1.54, 1.807) is 0 Å². The quantitative estimate of drug-likeness (QED) is 0.172. The van der Waals surface area contributed by atoms with Gasteiger partial charge in [-0.1, -0.05) is 152 Å². The van der Waals surface area contributed by atoms with E-state index in [9.17, 15) is 0 Å². The third-order valence-corrected chi connectivity index (χ3v) is 10.6. The highest BCUT2D eigenvalue weighted by molar-refractivity contribution is 6.24.